The van der Waals surface area contributed by atoms with Gasteiger partial charge in [0.1, 0.15) is 17.5 Å². The molecule has 34 heavy (non-hydrogen) atoms. The van der Waals surface area contributed by atoms with Gasteiger partial charge in [-0.3, -0.25) is 14.2 Å². The maximum Gasteiger partial charge on any atom is 0.281 e. The number of ketones is 1. The highest BCUT2D eigenvalue weighted by Gasteiger charge is 2.33. The predicted octanol–water partition coefficient (Wildman–Crippen LogP) is 4.51. The van der Waals surface area contributed by atoms with E-state index in [1.165, 1.54) is 24.5 Å². The fourth-order valence-electron chi connectivity index (χ4n) is 4.41. The van der Waals surface area contributed by atoms with Gasteiger partial charge < -0.3 is 4.90 Å². The summed E-state index contributed by atoms with van der Waals surface area (Å²) in [7, 11) is 1.42. The first-order chi connectivity index (χ1) is 16.4. The zero-order valence-electron chi connectivity index (χ0n) is 18.5. The molecule has 0 unspecified atom stereocenters. The summed E-state index contributed by atoms with van der Waals surface area (Å²) in [5.41, 5.74) is 0.400. The normalized spacial score (nSPS) is 15.9. The minimum atomic E-state index is -0.796. The van der Waals surface area contributed by atoms with E-state index in [1.807, 2.05) is 35.2 Å². The number of fused-ring (bicyclic) bond motifs is 1. The predicted molar refractivity (Wildman–Crippen MR) is 128 cm³/mol. The third kappa shape index (κ3) is 4.00. The van der Waals surface area contributed by atoms with Crippen LogP contribution in [-0.2, 0) is 18.3 Å². The zero-order chi connectivity index (χ0) is 23.8. The SMILES string of the molecule is Cn1c(-c2c(F)cccc2F)nc2sc(N3CCC[C@@H]3C(=O)CCc3ccccc3)nc2c1=O. The van der Waals surface area contributed by atoms with Crippen molar-refractivity contribution >= 4 is 32.6 Å². The molecule has 4 aromatic rings. The van der Waals surface area contributed by atoms with Gasteiger partial charge in [-0.25, -0.2) is 18.7 Å². The number of rotatable bonds is 6. The van der Waals surface area contributed by atoms with Crippen molar-refractivity contribution in [2.24, 2.45) is 7.05 Å². The second-order valence-electron chi connectivity index (χ2n) is 8.35. The molecule has 0 bridgehead atoms. The van der Waals surface area contributed by atoms with Crippen molar-refractivity contribution in [1.82, 2.24) is 14.5 Å². The summed E-state index contributed by atoms with van der Waals surface area (Å²) >= 11 is 1.17. The Morgan fingerprint density at radius 1 is 1.09 bits per heavy atom. The quantitative estimate of drug-likeness (QED) is 0.406. The van der Waals surface area contributed by atoms with Gasteiger partial charge >= 0.3 is 0 Å². The van der Waals surface area contributed by atoms with Crippen molar-refractivity contribution in [3.8, 4) is 11.4 Å². The number of hydrogen-bond donors (Lipinski definition) is 0. The van der Waals surface area contributed by atoms with Gasteiger partial charge in [0.05, 0.1) is 11.6 Å². The van der Waals surface area contributed by atoms with Crippen molar-refractivity contribution in [2.75, 3.05) is 11.4 Å². The minimum absolute atomic E-state index is 0.0970. The van der Waals surface area contributed by atoms with Crippen LogP contribution in [0.15, 0.2) is 53.3 Å². The highest BCUT2D eigenvalue weighted by atomic mass is 32.1. The number of carbonyl (C=O) groups excluding carboxylic acids is 1. The second-order valence-corrected chi connectivity index (χ2v) is 9.31. The molecule has 9 heteroatoms. The third-order valence-corrected chi connectivity index (χ3v) is 7.18. The molecular weight excluding hydrogens is 458 g/mol. The van der Waals surface area contributed by atoms with E-state index >= 15 is 0 Å². The molecule has 0 radical (unpaired) electrons. The van der Waals surface area contributed by atoms with Crippen molar-refractivity contribution in [3.05, 3.63) is 76.1 Å². The highest BCUT2D eigenvalue weighted by molar-refractivity contribution is 7.21. The van der Waals surface area contributed by atoms with Gasteiger partial charge in [0.2, 0.25) is 0 Å². The fourth-order valence-corrected chi connectivity index (χ4v) is 5.42. The molecule has 2 aromatic carbocycles. The number of aryl methyl sites for hydroxylation is 1. The number of aromatic nitrogens is 3. The molecule has 5 rings (SSSR count). The Labute approximate surface area is 198 Å². The summed E-state index contributed by atoms with van der Waals surface area (Å²) in [6.07, 6.45) is 2.66. The molecule has 1 atom stereocenters. The third-order valence-electron chi connectivity index (χ3n) is 6.19. The van der Waals surface area contributed by atoms with Crippen LogP contribution in [0.2, 0.25) is 0 Å². The van der Waals surface area contributed by atoms with Crippen LogP contribution >= 0.6 is 11.3 Å². The number of benzene rings is 2. The van der Waals surface area contributed by atoms with E-state index in [0.29, 0.717) is 24.5 Å². The van der Waals surface area contributed by atoms with Crippen LogP contribution in [0, 0.1) is 11.6 Å². The van der Waals surface area contributed by atoms with Crippen molar-refractivity contribution in [1.29, 1.82) is 0 Å². The van der Waals surface area contributed by atoms with Gasteiger partial charge in [-0.15, -0.1) is 0 Å². The van der Waals surface area contributed by atoms with E-state index in [4.69, 9.17) is 0 Å². The molecule has 2 aromatic heterocycles. The first kappa shape index (κ1) is 22.3. The van der Waals surface area contributed by atoms with Crippen molar-refractivity contribution in [3.63, 3.8) is 0 Å². The first-order valence-corrected chi connectivity index (χ1v) is 11.9. The van der Waals surface area contributed by atoms with E-state index in [-0.39, 0.29) is 33.6 Å². The Hall–Kier alpha value is -3.46. The van der Waals surface area contributed by atoms with Crippen LogP contribution in [0.3, 0.4) is 0 Å². The molecule has 1 aliphatic heterocycles. The van der Waals surface area contributed by atoms with Crippen LogP contribution in [0.25, 0.3) is 21.7 Å². The number of anilines is 1. The average molecular weight is 481 g/mol. The van der Waals surface area contributed by atoms with Gasteiger partial charge in [-0.1, -0.05) is 47.7 Å². The van der Waals surface area contributed by atoms with Crippen LogP contribution in [0.4, 0.5) is 13.9 Å². The van der Waals surface area contributed by atoms with E-state index in [0.717, 1.165) is 35.1 Å². The number of halogens is 2. The smallest absolute Gasteiger partial charge is 0.281 e. The fraction of sp³-hybridized carbons (Fsp3) is 0.280. The monoisotopic (exact) mass is 480 g/mol. The Bertz CT molecular complexity index is 1410. The number of Topliss-reactive ketones (excluding diaryl/α,β-unsaturated/α-hetero) is 1. The summed E-state index contributed by atoms with van der Waals surface area (Å²) in [6.45, 7) is 0.649. The van der Waals surface area contributed by atoms with Gasteiger partial charge in [-0.05, 0) is 37.0 Å². The van der Waals surface area contributed by atoms with Crippen LogP contribution < -0.4 is 10.5 Å². The molecule has 0 N–H and O–H groups in total. The molecule has 0 saturated carbocycles. The summed E-state index contributed by atoms with van der Waals surface area (Å²) < 4.78 is 29.9. The lowest BCUT2D eigenvalue weighted by Gasteiger charge is -2.22. The maximum absolute atomic E-state index is 14.4. The largest absolute Gasteiger partial charge is 0.338 e. The minimum Gasteiger partial charge on any atom is -0.338 e. The lowest BCUT2D eigenvalue weighted by Crippen LogP contribution is -2.36. The average Bonchev–Trinajstić information content (AvgIpc) is 3.48. The van der Waals surface area contributed by atoms with E-state index in [1.54, 1.807) is 0 Å². The Kier molecular flexibility index (Phi) is 5.95. The molecule has 1 fully saturated rings. The Morgan fingerprint density at radius 2 is 1.82 bits per heavy atom. The summed E-state index contributed by atoms with van der Waals surface area (Å²) in [6, 6.07) is 13.1. The van der Waals surface area contributed by atoms with Crippen LogP contribution in [0.5, 0.6) is 0 Å². The lowest BCUT2D eigenvalue weighted by atomic mass is 10.0. The van der Waals surface area contributed by atoms with E-state index in [2.05, 4.69) is 9.97 Å². The van der Waals surface area contributed by atoms with E-state index in [9.17, 15) is 18.4 Å². The van der Waals surface area contributed by atoms with Gasteiger partial charge in [0.15, 0.2) is 21.3 Å². The number of hydrogen-bond acceptors (Lipinski definition) is 6. The summed E-state index contributed by atoms with van der Waals surface area (Å²) in [5, 5.41) is 0.529. The molecule has 6 nitrogen and oxygen atoms in total. The molecular formula is C25H22F2N4O2S. The van der Waals surface area contributed by atoms with Crippen molar-refractivity contribution < 1.29 is 13.6 Å². The summed E-state index contributed by atoms with van der Waals surface area (Å²) in [4.78, 5) is 37.1. The number of thiazole rings is 1. The molecule has 0 amide bonds. The standard InChI is InChI=1S/C25H22F2N4O2S/c1-30-22(20-16(26)9-5-10-17(20)27)29-23-21(24(30)33)28-25(34-23)31-14-6-11-18(31)19(32)13-12-15-7-3-2-4-8-15/h2-5,7-10,18H,6,11-14H2,1H3/t18-/m1/s1. The van der Waals surface area contributed by atoms with Crippen LogP contribution in [0.1, 0.15) is 24.8 Å². The zero-order valence-corrected chi connectivity index (χ0v) is 19.3. The molecule has 3 heterocycles. The highest BCUT2D eigenvalue weighted by Crippen LogP contribution is 2.34. The molecule has 0 spiro atoms. The van der Waals surface area contributed by atoms with Gasteiger partial charge in [0, 0.05) is 20.0 Å². The van der Waals surface area contributed by atoms with Crippen LogP contribution in [-0.4, -0.2) is 32.9 Å². The van der Waals surface area contributed by atoms with Crippen molar-refractivity contribution in [2.45, 2.75) is 31.7 Å². The number of nitrogens with zero attached hydrogens (tertiary/aromatic N) is 4. The Balaban J connectivity index is 1.46. The van der Waals surface area contributed by atoms with E-state index < -0.39 is 17.2 Å². The topological polar surface area (TPSA) is 68.1 Å². The molecule has 174 valence electrons. The number of carbonyl (C=O) groups is 1. The molecule has 1 saturated heterocycles. The molecule has 1 aliphatic rings. The van der Waals surface area contributed by atoms with Gasteiger partial charge in [-0.2, -0.15) is 0 Å². The lowest BCUT2D eigenvalue weighted by molar-refractivity contribution is -0.120. The summed E-state index contributed by atoms with van der Waals surface area (Å²) in [5.74, 6) is -1.55. The van der Waals surface area contributed by atoms with Gasteiger partial charge in [0.25, 0.3) is 5.56 Å². The Morgan fingerprint density at radius 3 is 2.56 bits per heavy atom. The molecule has 0 aliphatic carbocycles. The second kappa shape index (κ2) is 9.06. The maximum atomic E-state index is 14.4. The first-order valence-electron chi connectivity index (χ1n) is 11.1.